The monoisotopic (exact) mass is 490 g/mol. The summed E-state index contributed by atoms with van der Waals surface area (Å²) in [6.07, 6.45) is 0. The summed E-state index contributed by atoms with van der Waals surface area (Å²) in [5, 5.41) is 9.68. The van der Waals surface area contributed by atoms with Gasteiger partial charge in [0.15, 0.2) is 6.61 Å². The van der Waals surface area contributed by atoms with Crippen LogP contribution in [0.4, 0.5) is 0 Å². The first-order valence-corrected chi connectivity index (χ1v) is 10.6. The molecule has 1 aliphatic heterocycles. The number of ether oxygens (including phenoxy) is 3. The lowest BCUT2D eigenvalue weighted by atomic mass is 9.83. The van der Waals surface area contributed by atoms with E-state index in [2.05, 4.69) is 22.0 Å². The smallest absolute Gasteiger partial charge is 0.349 e. The number of nitrogens with two attached hydrogens (primary N) is 1. The SMILES string of the molecule is Cc1ccc(OCC(=O)Oc2ccc3c(c2)OC(N)=C(C#N)C3c2ccccc2Br)cc1. The number of carbonyl (C=O) groups is 1. The molecule has 1 unspecified atom stereocenters. The number of hydrogen-bond acceptors (Lipinski definition) is 6. The summed E-state index contributed by atoms with van der Waals surface area (Å²) in [6.45, 7) is 1.74. The number of esters is 1. The minimum absolute atomic E-state index is 0.0203. The molecule has 0 spiro atoms. The predicted octanol–water partition coefficient (Wildman–Crippen LogP) is 4.96. The van der Waals surface area contributed by atoms with Gasteiger partial charge in [0, 0.05) is 16.1 Å². The third kappa shape index (κ3) is 4.46. The summed E-state index contributed by atoms with van der Waals surface area (Å²) in [4.78, 5) is 12.2. The van der Waals surface area contributed by atoms with Gasteiger partial charge in [0.25, 0.3) is 0 Å². The molecule has 0 aromatic heterocycles. The number of rotatable bonds is 5. The second-order valence-corrected chi connectivity index (χ2v) is 8.08. The van der Waals surface area contributed by atoms with Crippen molar-refractivity contribution in [1.29, 1.82) is 5.26 Å². The van der Waals surface area contributed by atoms with Gasteiger partial charge in [-0.3, -0.25) is 0 Å². The van der Waals surface area contributed by atoms with Gasteiger partial charge in [-0.05, 0) is 36.8 Å². The molecule has 32 heavy (non-hydrogen) atoms. The average Bonchev–Trinajstić information content (AvgIpc) is 2.78. The highest BCUT2D eigenvalue weighted by Gasteiger charge is 2.32. The van der Waals surface area contributed by atoms with Gasteiger partial charge in [0.05, 0.1) is 5.92 Å². The maximum Gasteiger partial charge on any atom is 0.349 e. The fraction of sp³-hybridized carbons (Fsp3) is 0.120. The summed E-state index contributed by atoms with van der Waals surface area (Å²) in [5.74, 6) is 0.359. The maximum atomic E-state index is 12.2. The molecule has 1 aliphatic rings. The van der Waals surface area contributed by atoms with Crippen LogP contribution in [0.1, 0.15) is 22.6 Å². The first kappa shape index (κ1) is 21.5. The Labute approximate surface area is 194 Å². The van der Waals surface area contributed by atoms with Crippen LogP contribution in [0.5, 0.6) is 17.2 Å². The van der Waals surface area contributed by atoms with Crippen LogP contribution in [0.3, 0.4) is 0 Å². The van der Waals surface area contributed by atoms with Gasteiger partial charge in [0.2, 0.25) is 5.88 Å². The van der Waals surface area contributed by atoms with E-state index in [1.165, 1.54) is 0 Å². The fourth-order valence-electron chi connectivity index (χ4n) is 3.47. The van der Waals surface area contributed by atoms with Gasteiger partial charge in [-0.25, -0.2) is 4.79 Å². The van der Waals surface area contributed by atoms with Gasteiger partial charge >= 0.3 is 5.97 Å². The van der Waals surface area contributed by atoms with Gasteiger partial charge in [0.1, 0.15) is 28.9 Å². The lowest BCUT2D eigenvalue weighted by molar-refractivity contribution is -0.136. The molecule has 0 fully saturated rings. The molecule has 6 nitrogen and oxygen atoms in total. The van der Waals surface area contributed by atoms with E-state index in [-0.39, 0.29) is 12.5 Å². The Morgan fingerprint density at radius 3 is 2.53 bits per heavy atom. The van der Waals surface area contributed by atoms with Crippen LogP contribution < -0.4 is 19.9 Å². The zero-order valence-electron chi connectivity index (χ0n) is 17.2. The van der Waals surface area contributed by atoms with Crippen molar-refractivity contribution in [3.63, 3.8) is 0 Å². The molecule has 1 heterocycles. The van der Waals surface area contributed by atoms with Crippen molar-refractivity contribution in [3.05, 3.63) is 99.3 Å². The van der Waals surface area contributed by atoms with E-state index in [0.717, 1.165) is 21.2 Å². The molecule has 7 heteroatoms. The van der Waals surface area contributed by atoms with Crippen molar-refractivity contribution < 1.29 is 19.0 Å². The van der Waals surface area contributed by atoms with E-state index >= 15 is 0 Å². The van der Waals surface area contributed by atoms with Crippen LogP contribution in [-0.2, 0) is 4.79 Å². The number of nitriles is 1. The number of carbonyl (C=O) groups excluding carboxylic acids is 1. The number of fused-ring (bicyclic) bond motifs is 1. The lowest BCUT2D eigenvalue weighted by Crippen LogP contribution is -2.22. The molecule has 160 valence electrons. The molecule has 1 atom stereocenters. The summed E-state index contributed by atoms with van der Waals surface area (Å²) in [5.41, 5.74) is 9.10. The van der Waals surface area contributed by atoms with E-state index in [4.69, 9.17) is 19.9 Å². The number of aryl methyl sites for hydroxylation is 1. The van der Waals surface area contributed by atoms with E-state index in [0.29, 0.717) is 22.8 Å². The Morgan fingerprint density at radius 1 is 1.09 bits per heavy atom. The zero-order chi connectivity index (χ0) is 22.7. The van der Waals surface area contributed by atoms with Crippen molar-refractivity contribution in [1.82, 2.24) is 0 Å². The average molecular weight is 491 g/mol. The molecule has 4 rings (SSSR count). The number of allylic oxidation sites excluding steroid dienone is 1. The van der Waals surface area contributed by atoms with Crippen LogP contribution in [-0.4, -0.2) is 12.6 Å². The van der Waals surface area contributed by atoms with Crippen LogP contribution in [0, 0.1) is 18.3 Å². The van der Waals surface area contributed by atoms with Crippen molar-refractivity contribution in [2.45, 2.75) is 12.8 Å². The summed E-state index contributed by atoms with van der Waals surface area (Å²) < 4.78 is 17.4. The largest absolute Gasteiger partial charge is 0.482 e. The Kier molecular flexibility index (Phi) is 6.15. The summed E-state index contributed by atoms with van der Waals surface area (Å²) in [6, 6.07) is 22.2. The van der Waals surface area contributed by atoms with Gasteiger partial charge in [-0.15, -0.1) is 0 Å². The molecule has 0 radical (unpaired) electrons. The minimum Gasteiger partial charge on any atom is -0.482 e. The van der Waals surface area contributed by atoms with Gasteiger partial charge < -0.3 is 19.9 Å². The van der Waals surface area contributed by atoms with E-state index in [1.54, 1.807) is 30.3 Å². The summed E-state index contributed by atoms with van der Waals surface area (Å²) >= 11 is 3.55. The third-order valence-corrected chi connectivity index (χ3v) is 5.74. The second-order valence-electron chi connectivity index (χ2n) is 7.22. The van der Waals surface area contributed by atoms with Crippen LogP contribution in [0.15, 0.2) is 82.7 Å². The maximum absolute atomic E-state index is 12.2. The van der Waals surface area contributed by atoms with Crippen molar-refractivity contribution in [3.8, 4) is 23.3 Å². The fourth-order valence-corrected chi connectivity index (χ4v) is 3.98. The molecule has 0 aliphatic carbocycles. The molecule has 0 saturated heterocycles. The standard InChI is InChI=1S/C25H19BrN2O4/c1-15-6-8-16(9-7-15)30-14-23(29)31-17-10-11-19-22(12-17)32-25(28)20(13-27)24(19)18-4-2-3-5-21(18)26/h2-12,24H,14,28H2,1H3. The molecular weight excluding hydrogens is 472 g/mol. The minimum atomic E-state index is -0.551. The first-order valence-electron chi connectivity index (χ1n) is 9.82. The highest BCUT2D eigenvalue weighted by molar-refractivity contribution is 9.10. The highest BCUT2D eigenvalue weighted by Crippen LogP contribution is 2.45. The zero-order valence-corrected chi connectivity index (χ0v) is 18.8. The quantitative estimate of drug-likeness (QED) is 0.401. The van der Waals surface area contributed by atoms with Crippen LogP contribution in [0.25, 0.3) is 0 Å². The Morgan fingerprint density at radius 2 is 1.81 bits per heavy atom. The topological polar surface area (TPSA) is 94.6 Å². The third-order valence-electron chi connectivity index (χ3n) is 5.02. The van der Waals surface area contributed by atoms with E-state index in [9.17, 15) is 10.1 Å². The summed E-state index contributed by atoms with van der Waals surface area (Å²) in [7, 11) is 0. The normalized spacial score (nSPS) is 14.7. The highest BCUT2D eigenvalue weighted by atomic mass is 79.9. The van der Waals surface area contributed by atoms with Gasteiger partial charge in [-0.2, -0.15) is 5.26 Å². The molecule has 2 N–H and O–H groups in total. The van der Waals surface area contributed by atoms with Crippen LogP contribution >= 0.6 is 15.9 Å². The molecule has 0 saturated carbocycles. The van der Waals surface area contributed by atoms with E-state index < -0.39 is 11.9 Å². The molecule has 0 amide bonds. The predicted molar refractivity (Wildman–Crippen MR) is 122 cm³/mol. The number of halogens is 1. The van der Waals surface area contributed by atoms with E-state index in [1.807, 2.05) is 43.3 Å². The lowest BCUT2D eigenvalue weighted by Gasteiger charge is -2.27. The van der Waals surface area contributed by atoms with Crippen molar-refractivity contribution >= 4 is 21.9 Å². The number of benzene rings is 3. The Balaban J connectivity index is 1.55. The molecule has 0 bridgehead atoms. The van der Waals surface area contributed by atoms with Crippen molar-refractivity contribution in [2.24, 2.45) is 5.73 Å². The number of hydrogen-bond donors (Lipinski definition) is 1. The van der Waals surface area contributed by atoms with Crippen molar-refractivity contribution in [2.75, 3.05) is 6.61 Å². The molecule has 3 aromatic rings. The van der Waals surface area contributed by atoms with Gasteiger partial charge in [-0.1, -0.05) is 57.9 Å². The number of nitrogens with zero attached hydrogens (tertiary/aromatic N) is 1. The Bertz CT molecular complexity index is 1250. The molecule has 3 aromatic carbocycles. The molecular formula is C25H19BrN2O4. The first-order chi connectivity index (χ1) is 15.5. The van der Waals surface area contributed by atoms with Crippen LogP contribution in [0.2, 0.25) is 0 Å². The second kappa shape index (κ2) is 9.16. The Hall–Kier alpha value is -3.76.